The fraction of sp³-hybridized carbons (Fsp3) is 0.368. The number of aromatic nitrogens is 5. The van der Waals surface area contributed by atoms with Gasteiger partial charge in [0.05, 0.1) is 5.69 Å². The molecule has 24 heavy (non-hydrogen) atoms. The minimum Gasteiger partial charge on any atom is -0.283 e. The zero-order valence-corrected chi connectivity index (χ0v) is 14.4. The van der Waals surface area contributed by atoms with Crippen LogP contribution in [0.5, 0.6) is 0 Å². The molecule has 124 valence electrons. The van der Waals surface area contributed by atoms with Crippen molar-refractivity contribution < 1.29 is 0 Å². The van der Waals surface area contributed by atoms with Crippen LogP contribution >= 0.6 is 0 Å². The number of aryl methyl sites for hydroxylation is 1. The monoisotopic (exact) mass is 321 g/mol. The van der Waals surface area contributed by atoms with Crippen LogP contribution in [0.1, 0.15) is 54.3 Å². The molecule has 3 rings (SSSR count). The number of aromatic amines is 1. The fourth-order valence-electron chi connectivity index (χ4n) is 2.85. The van der Waals surface area contributed by atoms with E-state index in [0.29, 0.717) is 5.92 Å². The Balaban J connectivity index is 1.69. The maximum Gasteiger partial charge on any atom is 0.131 e. The van der Waals surface area contributed by atoms with Gasteiger partial charge in [-0.05, 0) is 44.0 Å². The normalized spacial score (nSPS) is 13.6. The minimum atomic E-state index is 0.248. The molecule has 0 saturated carbocycles. The highest BCUT2D eigenvalue weighted by molar-refractivity contribution is 5.18. The second-order valence-corrected chi connectivity index (χ2v) is 6.41. The lowest BCUT2D eigenvalue weighted by molar-refractivity contribution is 0.666. The summed E-state index contributed by atoms with van der Waals surface area (Å²) in [7, 11) is 0. The van der Waals surface area contributed by atoms with Gasteiger partial charge in [0.25, 0.3) is 0 Å². The number of hydrogen-bond donors (Lipinski definition) is 1. The summed E-state index contributed by atoms with van der Waals surface area (Å²) in [5.41, 5.74) is 4.36. The molecule has 3 heterocycles. The summed E-state index contributed by atoms with van der Waals surface area (Å²) >= 11 is 0. The molecular weight excluding hydrogens is 298 g/mol. The van der Waals surface area contributed by atoms with Gasteiger partial charge in [-0.25, -0.2) is 9.97 Å². The summed E-state index contributed by atoms with van der Waals surface area (Å²) in [6, 6.07) is 10.2. The Morgan fingerprint density at radius 1 is 0.958 bits per heavy atom. The molecule has 1 N–H and O–H groups in total. The van der Waals surface area contributed by atoms with Gasteiger partial charge in [-0.3, -0.25) is 10.1 Å². The summed E-state index contributed by atoms with van der Waals surface area (Å²) in [6.45, 7) is 6.35. The molecule has 0 bridgehead atoms. The lowest BCUT2D eigenvalue weighted by atomic mass is 9.99. The third-order valence-electron chi connectivity index (χ3n) is 4.15. The largest absolute Gasteiger partial charge is 0.283 e. The van der Waals surface area contributed by atoms with Gasteiger partial charge in [-0.2, -0.15) is 5.10 Å². The Kier molecular flexibility index (Phi) is 4.99. The van der Waals surface area contributed by atoms with Crippen LogP contribution < -0.4 is 0 Å². The van der Waals surface area contributed by atoms with Crippen molar-refractivity contribution in [3.63, 3.8) is 0 Å². The summed E-state index contributed by atoms with van der Waals surface area (Å²) in [6.07, 6.45) is 5.30. The summed E-state index contributed by atoms with van der Waals surface area (Å²) in [4.78, 5) is 13.5. The average molecular weight is 321 g/mol. The molecule has 0 aromatic carbocycles. The summed E-state index contributed by atoms with van der Waals surface area (Å²) < 4.78 is 0. The molecule has 5 nitrogen and oxygen atoms in total. The predicted octanol–water partition coefficient (Wildman–Crippen LogP) is 3.60. The molecule has 0 saturated heterocycles. The van der Waals surface area contributed by atoms with Crippen molar-refractivity contribution in [3.05, 3.63) is 71.3 Å². The number of nitrogens with one attached hydrogen (secondary N) is 1. The van der Waals surface area contributed by atoms with Crippen LogP contribution in [0.25, 0.3) is 0 Å². The Bertz CT molecular complexity index is 781. The van der Waals surface area contributed by atoms with E-state index in [1.165, 1.54) is 0 Å². The first-order valence-electron chi connectivity index (χ1n) is 8.35. The van der Waals surface area contributed by atoms with E-state index in [1.54, 1.807) is 12.4 Å². The Labute approximate surface area is 142 Å². The van der Waals surface area contributed by atoms with Crippen LogP contribution in [0.2, 0.25) is 0 Å². The molecule has 3 aromatic heterocycles. The quantitative estimate of drug-likeness (QED) is 0.753. The molecule has 0 amide bonds. The van der Waals surface area contributed by atoms with Crippen LogP contribution in [0.4, 0.5) is 0 Å². The number of H-pyrrole nitrogens is 1. The van der Waals surface area contributed by atoms with Crippen molar-refractivity contribution in [3.8, 4) is 0 Å². The molecule has 5 heteroatoms. The van der Waals surface area contributed by atoms with E-state index >= 15 is 0 Å². The first-order chi connectivity index (χ1) is 11.6. The van der Waals surface area contributed by atoms with Gasteiger partial charge >= 0.3 is 0 Å². The van der Waals surface area contributed by atoms with Crippen LogP contribution in [0, 0.1) is 6.92 Å². The predicted molar refractivity (Wildman–Crippen MR) is 93.8 cm³/mol. The van der Waals surface area contributed by atoms with E-state index in [9.17, 15) is 0 Å². The van der Waals surface area contributed by atoms with Gasteiger partial charge in [0.15, 0.2) is 0 Å². The molecular formula is C19H23N5. The number of nitrogens with zero attached hydrogens (tertiary/aromatic N) is 4. The first-order valence-corrected chi connectivity index (χ1v) is 8.35. The summed E-state index contributed by atoms with van der Waals surface area (Å²) in [5.74, 6) is 1.44. The zero-order chi connectivity index (χ0) is 16.9. The Morgan fingerprint density at radius 2 is 1.71 bits per heavy atom. The molecule has 0 spiro atoms. The van der Waals surface area contributed by atoms with E-state index in [2.05, 4.69) is 58.3 Å². The molecule has 0 aliphatic rings. The fourth-order valence-corrected chi connectivity index (χ4v) is 2.85. The SMILES string of the molecule is Cc1cc(CC(C)c2cccc(CC(C)c3ncccn3)n2)n[nH]1. The maximum atomic E-state index is 4.85. The topological polar surface area (TPSA) is 67.3 Å². The smallest absolute Gasteiger partial charge is 0.131 e. The Hall–Kier alpha value is -2.56. The molecule has 2 atom stereocenters. The standard InChI is InChI=1S/C19H23N5/c1-13(10-17-12-15(3)23-24-17)18-7-4-6-16(22-18)11-14(2)19-20-8-5-9-21-19/h4-9,12-14H,10-11H2,1-3H3,(H,23,24). The number of rotatable bonds is 6. The molecule has 0 fully saturated rings. The van der Waals surface area contributed by atoms with Gasteiger partial charge in [0.1, 0.15) is 5.82 Å². The maximum absolute atomic E-state index is 4.85. The molecule has 3 aromatic rings. The van der Waals surface area contributed by atoms with Crippen LogP contribution in [-0.4, -0.2) is 25.1 Å². The van der Waals surface area contributed by atoms with E-state index < -0.39 is 0 Å². The minimum absolute atomic E-state index is 0.248. The van der Waals surface area contributed by atoms with Crippen molar-refractivity contribution in [2.24, 2.45) is 0 Å². The van der Waals surface area contributed by atoms with Gasteiger partial charge in [-0.1, -0.05) is 19.9 Å². The average Bonchev–Trinajstić information content (AvgIpc) is 3.00. The van der Waals surface area contributed by atoms with E-state index in [1.807, 2.05) is 13.0 Å². The van der Waals surface area contributed by atoms with Crippen molar-refractivity contribution in [1.29, 1.82) is 0 Å². The lowest BCUT2D eigenvalue weighted by Crippen LogP contribution is -2.07. The second kappa shape index (κ2) is 7.34. The zero-order valence-electron chi connectivity index (χ0n) is 14.4. The highest BCUT2D eigenvalue weighted by Gasteiger charge is 2.13. The Morgan fingerprint density at radius 3 is 2.42 bits per heavy atom. The van der Waals surface area contributed by atoms with Crippen LogP contribution in [0.3, 0.4) is 0 Å². The lowest BCUT2D eigenvalue weighted by Gasteiger charge is -2.13. The van der Waals surface area contributed by atoms with E-state index in [4.69, 9.17) is 4.98 Å². The molecule has 2 unspecified atom stereocenters. The number of pyridine rings is 1. The van der Waals surface area contributed by atoms with Crippen molar-refractivity contribution >= 4 is 0 Å². The van der Waals surface area contributed by atoms with E-state index in [-0.39, 0.29) is 5.92 Å². The second-order valence-electron chi connectivity index (χ2n) is 6.41. The molecule has 0 aliphatic heterocycles. The first kappa shape index (κ1) is 16.3. The highest BCUT2D eigenvalue weighted by Crippen LogP contribution is 2.20. The van der Waals surface area contributed by atoms with Crippen molar-refractivity contribution in [2.75, 3.05) is 0 Å². The van der Waals surface area contributed by atoms with Crippen molar-refractivity contribution in [2.45, 2.75) is 45.4 Å². The summed E-state index contributed by atoms with van der Waals surface area (Å²) in [5, 5.41) is 7.32. The van der Waals surface area contributed by atoms with Gasteiger partial charge in [0.2, 0.25) is 0 Å². The third kappa shape index (κ3) is 4.04. The third-order valence-corrected chi connectivity index (χ3v) is 4.15. The van der Waals surface area contributed by atoms with Gasteiger partial charge < -0.3 is 0 Å². The number of hydrogen-bond acceptors (Lipinski definition) is 4. The highest BCUT2D eigenvalue weighted by atomic mass is 15.1. The molecule has 0 aliphatic carbocycles. The molecule has 0 radical (unpaired) electrons. The van der Waals surface area contributed by atoms with Crippen molar-refractivity contribution in [1.82, 2.24) is 25.1 Å². The van der Waals surface area contributed by atoms with Crippen LogP contribution in [0.15, 0.2) is 42.7 Å². The van der Waals surface area contributed by atoms with Gasteiger partial charge in [0, 0.05) is 41.3 Å². The van der Waals surface area contributed by atoms with E-state index in [0.717, 1.165) is 41.4 Å². The van der Waals surface area contributed by atoms with Crippen LogP contribution in [-0.2, 0) is 12.8 Å². The van der Waals surface area contributed by atoms with Gasteiger partial charge in [-0.15, -0.1) is 0 Å².